The molecule has 1 aromatic rings. The van der Waals surface area contributed by atoms with Crippen molar-refractivity contribution in [2.24, 2.45) is 0 Å². The standard InChI is InChI=1S/C13H22N2S/c1-2-3-5-8-12-11-16-13(14-12)15-9-6-4-7-10-15/h11H,2-10H2,1H3. The zero-order valence-corrected chi connectivity index (χ0v) is 11.1. The van der Waals surface area contributed by atoms with E-state index in [9.17, 15) is 0 Å². The van der Waals surface area contributed by atoms with E-state index in [0.29, 0.717) is 0 Å². The molecule has 90 valence electrons. The van der Waals surface area contributed by atoms with E-state index in [1.54, 1.807) is 0 Å². The molecule has 2 rings (SSSR count). The molecule has 0 radical (unpaired) electrons. The Balaban J connectivity index is 1.85. The van der Waals surface area contributed by atoms with Gasteiger partial charge in [0.15, 0.2) is 5.13 Å². The first-order chi connectivity index (χ1) is 7.90. The molecule has 0 spiro atoms. The number of rotatable bonds is 5. The fraction of sp³-hybridized carbons (Fsp3) is 0.769. The first-order valence-corrected chi connectivity index (χ1v) is 7.47. The third-order valence-corrected chi connectivity index (χ3v) is 4.15. The molecule has 0 aliphatic carbocycles. The number of aromatic nitrogens is 1. The zero-order valence-electron chi connectivity index (χ0n) is 10.2. The van der Waals surface area contributed by atoms with Gasteiger partial charge in [-0.05, 0) is 32.1 Å². The van der Waals surface area contributed by atoms with Crippen LogP contribution >= 0.6 is 11.3 Å². The third kappa shape index (κ3) is 3.21. The lowest BCUT2D eigenvalue weighted by atomic mass is 10.1. The highest BCUT2D eigenvalue weighted by Gasteiger charge is 2.13. The molecule has 1 aliphatic rings. The number of unbranched alkanes of at least 4 members (excludes halogenated alkanes) is 2. The van der Waals surface area contributed by atoms with Crippen LogP contribution in [0.4, 0.5) is 5.13 Å². The summed E-state index contributed by atoms with van der Waals surface area (Å²) in [4.78, 5) is 7.21. The summed E-state index contributed by atoms with van der Waals surface area (Å²) >= 11 is 1.83. The van der Waals surface area contributed by atoms with Gasteiger partial charge in [0, 0.05) is 18.5 Å². The quantitative estimate of drug-likeness (QED) is 0.724. The maximum Gasteiger partial charge on any atom is 0.185 e. The largest absolute Gasteiger partial charge is 0.348 e. The van der Waals surface area contributed by atoms with Crippen molar-refractivity contribution in [3.05, 3.63) is 11.1 Å². The second-order valence-corrected chi connectivity index (χ2v) is 5.46. The van der Waals surface area contributed by atoms with E-state index in [-0.39, 0.29) is 0 Å². The van der Waals surface area contributed by atoms with E-state index in [1.165, 1.54) is 62.4 Å². The van der Waals surface area contributed by atoms with E-state index in [2.05, 4.69) is 17.2 Å². The average Bonchev–Trinajstić information content (AvgIpc) is 2.79. The highest BCUT2D eigenvalue weighted by molar-refractivity contribution is 7.13. The topological polar surface area (TPSA) is 16.1 Å². The van der Waals surface area contributed by atoms with Crippen LogP contribution in [0.3, 0.4) is 0 Å². The fourth-order valence-electron chi connectivity index (χ4n) is 2.20. The monoisotopic (exact) mass is 238 g/mol. The lowest BCUT2D eigenvalue weighted by molar-refractivity contribution is 0.576. The Bertz CT molecular complexity index is 303. The zero-order chi connectivity index (χ0) is 11.2. The van der Waals surface area contributed by atoms with Gasteiger partial charge in [-0.1, -0.05) is 19.8 Å². The number of anilines is 1. The Morgan fingerprint density at radius 1 is 1.25 bits per heavy atom. The van der Waals surface area contributed by atoms with Crippen LogP contribution < -0.4 is 4.90 Å². The summed E-state index contributed by atoms with van der Waals surface area (Å²) in [5.74, 6) is 0. The summed E-state index contributed by atoms with van der Waals surface area (Å²) < 4.78 is 0. The van der Waals surface area contributed by atoms with Crippen molar-refractivity contribution in [3.8, 4) is 0 Å². The molecule has 2 heterocycles. The molecule has 3 heteroatoms. The van der Waals surface area contributed by atoms with Crippen LogP contribution in [0.1, 0.15) is 51.1 Å². The molecule has 0 bridgehead atoms. The van der Waals surface area contributed by atoms with Gasteiger partial charge in [-0.3, -0.25) is 0 Å². The van der Waals surface area contributed by atoms with Gasteiger partial charge in [-0.25, -0.2) is 4.98 Å². The van der Waals surface area contributed by atoms with Crippen molar-refractivity contribution in [3.63, 3.8) is 0 Å². The van der Waals surface area contributed by atoms with E-state index in [1.807, 2.05) is 11.3 Å². The lowest BCUT2D eigenvalue weighted by Gasteiger charge is -2.25. The maximum absolute atomic E-state index is 4.75. The minimum absolute atomic E-state index is 1.16. The van der Waals surface area contributed by atoms with Gasteiger partial charge in [-0.15, -0.1) is 11.3 Å². The summed E-state index contributed by atoms with van der Waals surface area (Å²) in [6.45, 7) is 4.67. The van der Waals surface area contributed by atoms with Crippen LogP contribution in [-0.4, -0.2) is 18.1 Å². The van der Waals surface area contributed by atoms with E-state index >= 15 is 0 Å². The number of nitrogens with zero attached hydrogens (tertiary/aromatic N) is 2. The number of hydrogen-bond acceptors (Lipinski definition) is 3. The van der Waals surface area contributed by atoms with Crippen LogP contribution in [0.2, 0.25) is 0 Å². The molecule has 0 N–H and O–H groups in total. The summed E-state index contributed by atoms with van der Waals surface area (Å²) in [6, 6.07) is 0. The molecule has 0 atom stereocenters. The molecule has 0 unspecified atom stereocenters. The molecule has 1 aliphatic heterocycles. The number of hydrogen-bond donors (Lipinski definition) is 0. The number of thiazole rings is 1. The van der Waals surface area contributed by atoms with Gasteiger partial charge in [0.25, 0.3) is 0 Å². The van der Waals surface area contributed by atoms with Crippen molar-refractivity contribution < 1.29 is 0 Å². The Kier molecular flexibility index (Phi) is 4.64. The van der Waals surface area contributed by atoms with Gasteiger partial charge < -0.3 is 4.90 Å². The Hall–Kier alpha value is -0.570. The summed E-state index contributed by atoms with van der Waals surface area (Å²) in [6.07, 6.45) is 9.15. The number of piperidine rings is 1. The molecular weight excluding hydrogens is 216 g/mol. The minimum atomic E-state index is 1.16. The van der Waals surface area contributed by atoms with Crippen LogP contribution in [0, 0.1) is 0 Å². The van der Waals surface area contributed by atoms with Gasteiger partial charge in [0.1, 0.15) is 0 Å². The lowest BCUT2D eigenvalue weighted by Crippen LogP contribution is -2.29. The Morgan fingerprint density at radius 2 is 2.06 bits per heavy atom. The van der Waals surface area contributed by atoms with E-state index in [0.717, 1.165) is 6.42 Å². The maximum atomic E-state index is 4.75. The van der Waals surface area contributed by atoms with E-state index in [4.69, 9.17) is 4.98 Å². The molecule has 1 aromatic heterocycles. The van der Waals surface area contributed by atoms with Crippen LogP contribution in [0.15, 0.2) is 5.38 Å². The molecule has 0 saturated carbocycles. The summed E-state index contributed by atoms with van der Waals surface area (Å²) in [5, 5.41) is 3.51. The average molecular weight is 238 g/mol. The first-order valence-electron chi connectivity index (χ1n) is 6.59. The second kappa shape index (κ2) is 6.24. The van der Waals surface area contributed by atoms with Gasteiger partial charge in [0.2, 0.25) is 0 Å². The van der Waals surface area contributed by atoms with Crippen LogP contribution in [0.25, 0.3) is 0 Å². The highest BCUT2D eigenvalue weighted by Crippen LogP contribution is 2.24. The van der Waals surface area contributed by atoms with Crippen LogP contribution in [0.5, 0.6) is 0 Å². The summed E-state index contributed by atoms with van der Waals surface area (Å²) in [5.41, 5.74) is 1.30. The summed E-state index contributed by atoms with van der Waals surface area (Å²) in [7, 11) is 0. The normalized spacial score (nSPS) is 16.7. The highest BCUT2D eigenvalue weighted by atomic mass is 32.1. The molecule has 1 fully saturated rings. The van der Waals surface area contributed by atoms with Crippen molar-refractivity contribution in [1.29, 1.82) is 0 Å². The van der Waals surface area contributed by atoms with Gasteiger partial charge in [-0.2, -0.15) is 0 Å². The smallest absolute Gasteiger partial charge is 0.185 e. The SMILES string of the molecule is CCCCCc1csc(N2CCCCC2)n1. The number of aryl methyl sites for hydroxylation is 1. The van der Waals surface area contributed by atoms with Gasteiger partial charge in [0.05, 0.1) is 5.69 Å². The second-order valence-electron chi connectivity index (χ2n) is 4.63. The van der Waals surface area contributed by atoms with Crippen molar-refractivity contribution in [1.82, 2.24) is 4.98 Å². The predicted molar refractivity (Wildman–Crippen MR) is 71.4 cm³/mol. The fourth-order valence-corrected chi connectivity index (χ4v) is 3.11. The predicted octanol–water partition coefficient (Wildman–Crippen LogP) is 3.87. The molecular formula is C13H22N2S. The minimum Gasteiger partial charge on any atom is -0.348 e. The van der Waals surface area contributed by atoms with E-state index < -0.39 is 0 Å². The Labute approximate surface area is 103 Å². The first kappa shape index (κ1) is 11.9. The van der Waals surface area contributed by atoms with Crippen molar-refractivity contribution >= 4 is 16.5 Å². The molecule has 1 saturated heterocycles. The van der Waals surface area contributed by atoms with Crippen LogP contribution in [-0.2, 0) is 6.42 Å². The molecule has 2 nitrogen and oxygen atoms in total. The Morgan fingerprint density at radius 3 is 2.81 bits per heavy atom. The molecule has 0 amide bonds. The van der Waals surface area contributed by atoms with Crippen molar-refractivity contribution in [2.75, 3.05) is 18.0 Å². The van der Waals surface area contributed by atoms with Gasteiger partial charge >= 0.3 is 0 Å². The molecule has 0 aromatic carbocycles. The third-order valence-electron chi connectivity index (χ3n) is 3.20. The van der Waals surface area contributed by atoms with Crippen molar-refractivity contribution in [2.45, 2.75) is 51.9 Å². The molecule has 16 heavy (non-hydrogen) atoms.